The van der Waals surface area contributed by atoms with Gasteiger partial charge in [-0.2, -0.15) is 0 Å². The summed E-state index contributed by atoms with van der Waals surface area (Å²) in [7, 11) is 0. The molecule has 2 fully saturated rings. The Hall–Kier alpha value is -0.0400. The highest BCUT2D eigenvalue weighted by Gasteiger charge is 2.31. The molecule has 2 aliphatic rings. The molecule has 0 aromatic heterocycles. The lowest BCUT2D eigenvalue weighted by Gasteiger charge is -2.34. The average Bonchev–Trinajstić information content (AvgIpc) is 2.82. The predicted octanol–water partition coefficient (Wildman–Crippen LogP) is 3.20. The number of hydrogen-bond acceptors (Lipinski definition) is 1. The molecule has 1 N–H and O–H groups in total. The quantitative estimate of drug-likeness (QED) is 0.729. The molecule has 0 spiro atoms. The molecule has 0 aromatic rings. The largest absolute Gasteiger partial charge is 0.311 e. The van der Waals surface area contributed by atoms with Crippen molar-refractivity contribution in [3.63, 3.8) is 0 Å². The molecule has 0 amide bonds. The van der Waals surface area contributed by atoms with Crippen molar-refractivity contribution in [2.45, 2.75) is 65.0 Å². The van der Waals surface area contributed by atoms with E-state index >= 15 is 0 Å². The van der Waals surface area contributed by atoms with E-state index in [1.54, 1.807) is 0 Å². The molecule has 1 nitrogen and oxygen atoms in total. The Labute approximate surface area is 88.7 Å². The van der Waals surface area contributed by atoms with Gasteiger partial charge in [0.2, 0.25) is 0 Å². The summed E-state index contributed by atoms with van der Waals surface area (Å²) in [5.74, 6) is 2.87. The average molecular weight is 195 g/mol. The van der Waals surface area contributed by atoms with E-state index in [-0.39, 0.29) is 0 Å². The molecular formula is C13H25N. The van der Waals surface area contributed by atoms with Crippen molar-refractivity contribution in [1.29, 1.82) is 0 Å². The highest BCUT2D eigenvalue weighted by molar-refractivity contribution is 4.88. The SMILES string of the molecule is CC1CC(C)CC(NC(C)C2CC2)C1. The molecule has 3 unspecified atom stereocenters. The maximum absolute atomic E-state index is 3.84. The molecule has 0 heterocycles. The van der Waals surface area contributed by atoms with Crippen LogP contribution in [0.15, 0.2) is 0 Å². The van der Waals surface area contributed by atoms with Gasteiger partial charge in [0.15, 0.2) is 0 Å². The van der Waals surface area contributed by atoms with Crippen LogP contribution in [0.1, 0.15) is 52.9 Å². The molecule has 82 valence electrons. The monoisotopic (exact) mass is 195 g/mol. The van der Waals surface area contributed by atoms with Gasteiger partial charge in [0.1, 0.15) is 0 Å². The fourth-order valence-corrected chi connectivity index (χ4v) is 3.19. The Morgan fingerprint density at radius 2 is 1.57 bits per heavy atom. The summed E-state index contributed by atoms with van der Waals surface area (Å²) in [6.07, 6.45) is 7.18. The number of rotatable bonds is 3. The number of hydrogen-bond donors (Lipinski definition) is 1. The van der Waals surface area contributed by atoms with E-state index < -0.39 is 0 Å². The maximum Gasteiger partial charge on any atom is 0.00747 e. The van der Waals surface area contributed by atoms with Gasteiger partial charge in [0.05, 0.1) is 0 Å². The lowest BCUT2D eigenvalue weighted by molar-refractivity contribution is 0.223. The Balaban J connectivity index is 1.78. The van der Waals surface area contributed by atoms with Crippen LogP contribution >= 0.6 is 0 Å². The smallest absolute Gasteiger partial charge is 0.00747 e. The summed E-state index contributed by atoms with van der Waals surface area (Å²) >= 11 is 0. The molecule has 0 saturated heterocycles. The first-order valence-electron chi connectivity index (χ1n) is 6.41. The van der Waals surface area contributed by atoms with Gasteiger partial charge in [-0.3, -0.25) is 0 Å². The van der Waals surface area contributed by atoms with Gasteiger partial charge in [-0.05, 0) is 56.8 Å². The van der Waals surface area contributed by atoms with E-state index in [0.29, 0.717) is 0 Å². The molecule has 14 heavy (non-hydrogen) atoms. The van der Waals surface area contributed by atoms with Crippen LogP contribution < -0.4 is 5.32 Å². The standard InChI is InChI=1S/C13H25N/c1-9-6-10(2)8-13(7-9)14-11(3)12-4-5-12/h9-14H,4-8H2,1-3H3. The van der Waals surface area contributed by atoms with E-state index in [4.69, 9.17) is 0 Å². The molecule has 2 saturated carbocycles. The van der Waals surface area contributed by atoms with E-state index in [0.717, 1.165) is 29.8 Å². The number of nitrogens with one attached hydrogen (secondary N) is 1. The zero-order valence-electron chi connectivity index (χ0n) is 9.92. The van der Waals surface area contributed by atoms with Crippen LogP contribution in [0.4, 0.5) is 0 Å². The minimum atomic E-state index is 0.775. The summed E-state index contributed by atoms with van der Waals surface area (Å²) in [5.41, 5.74) is 0. The second-order valence-electron chi connectivity index (χ2n) is 5.91. The van der Waals surface area contributed by atoms with E-state index in [2.05, 4.69) is 26.1 Å². The van der Waals surface area contributed by atoms with E-state index in [9.17, 15) is 0 Å². The summed E-state index contributed by atoms with van der Waals surface area (Å²) < 4.78 is 0. The highest BCUT2D eigenvalue weighted by Crippen LogP contribution is 2.34. The van der Waals surface area contributed by atoms with Crippen LogP contribution in [-0.4, -0.2) is 12.1 Å². The summed E-state index contributed by atoms with van der Waals surface area (Å²) in [5, 5.41) is 3.84. The van der Waals surface area contributed by atoms with Crippen molar-refractivity contribution < 1.29 is 0 Å². The van der Waals surface area contributed by atoms with Crippen LogP contribution in [-0.2, 0) is 0 Å². The van der Waals surface area contributed by atoms with Gasteiger partial charge in [0.25, 0.3) is 0 Å². The van der Waals surface area contributed by atoms with Crippen LogP contribution in [0.2, 0.25) is 0 Å². The summed E-state index contributed by atoms with van der Waals surface area (Å²) in [6.45, 7) is 7.19. The fraction of sp³-hybridized carbons (Fsp3) is 1.00. The van der Waals surface area contributed by atoms with Crippen LogP contribution in [0.3, 0.4) is 0 Å². The molecule has 0 aromatic carbocycles. The fourth-order valence-electron chi connectivity index (χ4n) is 3.19. The molecule has 0 aliphatic heterocycles. The lowest BCUT2D eigenvalue weighted by Crippen LogP contribution is -2.42. The van der Waals surface area contributed by atoms with Gasteiger partial charge >= 0.3 is 0 Å². The van der Waals surface area contributed by atoms with Gasteiger partial charge in [-0.15, -0.1) is 0 Å². The Morgan fingerprint density at radius 3 is 2.07 bits per heavy atom. The van der Waals surface area contributed by atoms with Gasteiger partial charge < -0.3 is 5.32 Å². The normalized spacial score (nSPS) is 40.9. The first kappa shape index (κ1) is 10.5. The summed E-state index contributed by atoms with van der Waals surface area (Å²) in [6, 6.07) is 1.59. The second kappa shape index (κ2) is 4.22. The molecule has 0 bridgehead atoms. The van der Waals surface area contributed by atoms with Gasteiger partial charge in [-0.1, -0.05) is 13.8 Å². The molecule has 3 atom stereocenters. The van der Waals surface area contributed by atoms with Crippen LogP contribution in [0.25, 0.3) is 0 Å². The molecular weight excluding hydrogens is 170 g/mol. The Kier molecular flexibility index (Phi) is 3.16. The minimum absolute atomic E-state index is 0.775. The highest BCUT2D eigenvalue weighted by atomic mass is 15.0. The van der Waals surface area contributed by atoms with Gasteiger partial charge in [-0.25, -0.2) is 0 Å². The summed E-state index contributed by atoms with van der Waals surface area (Å²) in [4.78, 5) is 0. The van der Waals surface area contributed by atoms with Crippen molar-refractivity contribution in [3.8, 4) is 0 Å². The first-order chi connectivity index (χ1) is 6.65. The Morgan fingerprint density at radius 1 is 1.00 bits per heavy atom. The van der Waals surface area contributed by atoms with E-state index in [1.165, 1.54) is 32.1 Å². The van der Waals surface area contributed by atoms with Crippen molar-refractivity contribution >= 4 is 0 Å². The van der Waals surface area contributed by atoms with Crippen molar-refractivity contribution in [1.82, 2.24) is 5.32 Å². The van der Waals surface area contributed by atoms with Crippen molar-refractivity contribution in [2.24, 2.45) is 17.8 Å². The molecule has 2 aliphatic carbocycles. The maximum atomic E-state index is 3.84. The third-order valence-electron chi connectivity index (χ3n) is 4.01. The molecule has 0 radical (unpaired) electrons. The second-order valence-corrected chi connectivity index (χ2v) is 5.91. The zero-order chi connectivity index (χ0) is 10.1. The van der Waals surface area contributed by atoms with Crippen LogP contribution in [0.5, 0.6) is 0 Å². The van der Waals surface area contributed by atoms with E-state index in [1.807, 2.05) is 0 Å². The van der Waals surface area contributed by atoms with Crippen molar-refractivity contribution in [2.75, 3.05) is 0 Å². The van der Waals surface area contributed by atoms with Crippen LogP contribution in [0, 0.1) is 17.8 Å². The third kappa shape index (κ3) is 2.73. The molecule has 1 heteroatoms. The minimum Gasteiger partial charge on any atom is -0.311 e. The topological polar surface area (TPSA) is 12.0 Å². The lowest BCUT2D eigenvalue weighted by atomic mass is 9.80. The Bertz CT molecular complexity index is 176. The van der Waals surface area contributed by atoms with Gasteiger partial charge in [0, 0.05) is 12.1 Å². The van der Waals surface area contributed by atoms with Crippen molar-refractivity contribution in [3.05, 3.63) is 0 Å². The predicted molar refractivity (Wildman–Crippen MR) is 61.3 cm³/mol. The molecule has 2 rings (SSSR count). The first-order valence-corrected chi connectivity index (χ1v) is 6.41. The zero-order valence-corrected chi connectivity index (χ0v) is 9.92. The third-order valence-corrected chi connectivity index (χ3v) is 4.01.